The fourth-order valence-electron chi connectivity index (χ4n) is 2.41. The highest BCUT2D eigenvalue weighted by molar-refractivity contribution is 7.87. The topological polar surface area (TPSA) is 43.4 Å². The Morgan fingerprint density at radius 1 is 1.33 bits per heavy atom. The van der Waals surface area contributed by atoms with Gasteiger partial charge in [-0.15, -0.1) is 0 Å². The summed E-state index contributed by atoms with van der Waals surface area (Å²) in [6, 6.07) is 7.80. The highest BCUT2D eigenvalue weighted by Crippen LogP contribution is 2.36. The van der Waals surface area contributed by atoms with E-state index in [0.29, 0.717) is 13.0 Å². The van der Waals surface area contributed by atoms with Gasteiger partial charge in [0.15, 0.2) is 0 Å². The molecule has 18 heavy (non-hydrogen) atoms. The molecule has 1 aliphatic rings. The lowest BCUT2D eigenvalue weighted by Crippen LogP contribution is -2.21. The highest BCUT2D eigenvalue weighted by atomic mass is 32.2. The van der Waals surface area contributed by atoms with Crippen molar-refractivity contribution in [3.05, 3.63) is 35.4 Å². The van der Waals surface area contributed by atoms with Crippen molar-refractivity contribution >= 4 is 10.1 Å². The number of unbranched alkanes of at least 4 members (excludes halogenated alkanes) is 1. The van der Waals surface area contributed by atoms with Gasteiger partial charge < -0.3 is 0 Å². The zero-order valence-electron chi connectivity index (χ0n) is 10.8. The monoisotopic (exact) mass is 268 g/mol. The minimum absolute atomic E-state index is 0.303. The second-order valence-corrected chi connectivity index (χ2v) is 6.54. The van der Waals surface area contributed by atoms with Gasteiger partial charge in [-0.3, -0.25) is 4.18 Å². The van der Waals surface area contributed by atoms with Crippen LogP contribution in [-0.4, -0.2) is 15.0 Å². The van der Waals surface area contributed by atoms with Crippen molar-refractivity contribution in [1.29, 1.82) is 0 Å². The van der Waals surface area contributed by atoms with Gasteiger partial charge in [0.2, 0.25) is 0 Å². The molecule has 1 atom stereocenters. The van der Waals surface area contributed by atoms with Gasteiger partial charge in [0, 0.05) is 0 Å². The molecule has 100 valence electrons. The van der Waals surface area contributed by atoms with Crippen molar-refractivity contribution < 1.29 is 12.6 Å². The first-order valence-electron chi connectivity index (χ1n) is 6.61. The molecule has 0 spiro atoms. The first-order chi connectivity index (χ1) is 8.65. The van der Waals surface area contributed by atoms with Gasteiger partial charge in [0.1, 0.15) is 5.25 Å². The molecule has 0 aromatic heterocycles. The summed E-state index contributed by atoms with van der Waals surface area (Å²) in [7, 11) is -3.47. The van der Waals surface area contributed by atoms with Gasteiger partial charge in [-0.1, -0.05) is 37.6 Å². The SMILES string of the molecule is CCCCOS(=O)(=O)C1CCCc2ccccc21. The molecule has 0 saturated carbocycles. The highest BCUT2D eigenvalue weighted by Gasteiger charge is 2.31. The Bertz CT molecular complexity index is 494. The second-order valence-electron chi connectivity index (χ2n) is 4.75. The van der Waals surface area contributed by atoms with E-state index in [2.05, 4.69) is 0 Å². The number of rotatable bonds is 5. The molecule has 0 heterocycles. The van der Waals surface area contributed by atoms with Crippen LogP contribution in [-0.2, 0) is 20.7 Å². The molecule has 0 saturated heterocycles. The van der Waals surface area contributed by atoms with Gasteiger partial charge in [0.05, 0.1) is 6.61 Å². The lowest BCUT2D eigenvalue weighted by Gasteiger charge is -2.24. The molecule has 0 bridgehead atoms. The smallest absolute Gasteiger partial charge is 0.270 e. The van der Waals surface area contributed by atoms with Crippen molar-refractivity contribution in [3.63, 3.8) is 0 Å². The standard InChI is InChI=1S/C14H20O3S/c1-2-3-11-17-18(15,16)14-10-6-8-12-7-4-5-9-13(12)14/h4-5,7,9,14H,2-3,6,8,10-11H2,1H3. The molecule has 0 aliphatic heterocycles. The molecule has 1 aromatic rings. The molecule has 3 nitrogen and oxygen atoms in total. The van der Waals surface area contributed by atoms with Crippen LogP contribution >= 0.6 is 0 Å². The van der Waals surface area contributed by atoms with Crippen LogP contribution in [0.25, 0.3) is 0 Å². The Kier molecular flexibility index (Phi) is 4.40. The minimum atomic E-state index is -3.47. The quantitative estimate of drug-likeness (QED) is 0.608. The maximum atomic E-state index is 12.2. The number of fused-ring (bicyclic) bond motifs is 1. The van der Waals surface area contributed by atoms with Crippen LogP contribution < -0.4 is 0 Å². The molecular weight excluding hydrogens is 248 g/mol. The van der Waals surface area contributed by atoms with Gasteiger partial charge in [-0.05, 0) is 36.8 Å². The maximum Gasteiger partial charge on any atom is 0.274 e. The fraction of sp³-hybridized carbons (Fsp3) is 0.571. The first kappa shape index (κ1) is 13.6. The van der Waals surface area contributed by atoms with Crippen molar-refractivity contribution in [3.8, 4) is 0 Å². The van der Waals surface area contributed by atoms with E-state index < -0.39 is 15.4 Å². The third-order valence-corrected chi connectivity index (χ3v) is 5.09. The first-order valence-corrected chi connectivity index (χ1v) is 8.08. The fourth-order valence-corrected chi connectivity index (χ4v) is 3.92. The number of hydrogen-bond donors (Lipinski definition) is 0. The molecule has 0 radical (unpaired) electrons. The van der Waals surface area contributed by atoms with Crippen molar-refractivity contribution in [2.24, 2.45) is 0 Å². The zero-order valence-corrected chi connectivity index (χ0v) is 11.6. The van der Waals surface area contributed by atoms with E-state index in [9.17, 15) is 8.42 Å². The zero-order chi connectivity index (χ0) is 13.0. The summed E-state index contributed by atoms with van der Waals surface area (Å²) >= 11 is 0. The van der Waals surface area contributed by atoms with Crippen LogP contribution in [0.2, 0.25) is 0 Å². The summed E-state index contributed by atoms with van der Waals surface area (Å²) in [5.41, 5.74) is 2.08. The lowest BCUT2D eigenvalue weighted by molar-refractivity contribution is 0.302. The summed E-state index contributed by atoms with van der Waals surface area (Å²) in [5.74, 6) is 0. The van der Waals surface area contributed by atoms with Crippen LogP contribution in [0.1, 0.15) is 49.0 Å². The Morgan fingerprint density at radius 2 is 2.11 bits per heavy atom. The second kappa shape index (κ2) is 5.85. The molecule has 1 aromatic carbocycles. The van der Waals surface area contributed by atoms with Crippen LogP contribution in [0.3, 0.4) is 0 Å². The Balaban J connectivity index is 2.19. The Hall–Kier alpha value is -0.870. The molecule has 1 aliphatic carbocycles. The maximum absolute atomic E-state index is 12.2. The van der Waals surface area contributed by atoms with E-state index in [1.165, 1.54) is 0 Å². The number of hydrogen-bond acceptors (Lipinski definition) is 3. The summed E-state index contributed by atoms with van der Waals surface area (Å²) in [4.78, 5) is 0. The van der Waals surface area contributed by atoms with Gasteiger partial charge in [-0.2, -0.15) is 8.42 Å². The minimum Gasteiger partial charge on any atom is -0.270 e. The predicted molar refractivity (Wildman–Crippen MR) is 71.9 cm³/mol. The van der Waals surface area contributed by atoms with Crippen molar-refractivity contribution in [2.75, 3.05) is 6.61 Å². The van der Waals surface area contributed by atoms with E-state index in [-0.39, 0.29) is 0 Å². The van der Waals surface area contributed by atoms with E-state index in [1.54, 1.807) is 0 Å². The molecule has 0 fully saturated rings. The molecule has 1 unspecified atom stereocenters. The van der Waals surface area contributed by atoms with Crippen LogP contribution in [0, 0.1) is 0 Å². The van der Waals surface area contributed by atoms with Crippen LogP contribution in [0.15, 0.2) is 24.3 Å². The average molecular weight is 268 g/mol. The Labute approximate surface area is 109 Å². The van der Waals surface area contributed by atoms with E-state index in [4.69, 9.17) is 4.18 Å². The normalized spacial score (nSPS) is 19.5. The van der Waals surface area contributed by atoms with Gasteiger partial charge in [-0.25, -0.2) is 0 Å². The van der Waals surface area contributed by atoms with Gasteiger partial charge >= 0.3 is 0 Å². The molecular formula is C14H20O3S. The summed E-state index contributed by atoms with van der Waals surface area (Å²) < 4.78 is 29.5. The average Bonchev–Trinajstić information content (AvgIpc) is 2.38. The molecule has 0 amide bonds. The molecule has 4 heteroatoms. The number of aryl methyl sites for hydroxylation is 1. The Morgan fingerprint density at radius 3 is 2.89 bits per heavy atom. The van der Waals surface area contributed by atoms with Crippen LogP contribution in [0.5, 0.6) is 0 Å². The largest absolute Gasteiger partial charge is 0.274 e. The summed E-state index contributed by atoms with van der Waals surface area (Å²) in [5, 5.41) is -0.473. The van der Waals surface area contributed by atoms with E-state index in [1.807, 2.05) is 31.2 Å². The lowest BCUT2D eigenvalue weighted by atomic mass is 9.91. The predicted octanol–water partition coefficient (Wildman–Crippen LogP) is 3.21. The summed E-state index contributed by atoms with van der Waals surface area (Å²) in [6.45, 7) is 2.32. The number of benzene rings is 1. The molecule has 0 N–H and O–H groups in total. The summed E-state index contributed by atoms with van der Waals surface area (Å²) in [6.07, 6.45) is 4.28. The van der Waals surface area contributed by atoms with Crippen molar-refractivity contribution in [2.45, 2.75) is 44.3 Å². The van der Waals surface area contributed by atoms with Gasteiger partial charge in [0.25, 0.3) is 10.1 Å². The van der Waals surface area contributed by atoms with Crippen molar-refractivity contribution in [1.82, 2.24) is 0 Å². The van der Waals surface area contributed by atoms with E-state index >= 15 is 0 Å². The third-order valence-electron chi connectivity index (χ3n) is 3.41. The molecule has 2 rings (SSSR count). The van der Waals surface area contributed by atoms with Crippen LogP contribution in [0.4, 0.5) is 0 Å². The van der Waals surface area contributed by atoms with E-state index in [0.717, 1.165) is 36.8 Å². The third kappa shape index (κ3) is 2.93.